The van der Waals surface area contributed by atoms with Crippen molar-refractivity contribution in [2.75, 3.05) is 0 Å². The maximum Gasteiger partial charge on any atom is 0.306 e. The van der Waals surface area contributed by atoms with Crippen LogP contribution in [0.5, 0.6) is 0 Å². The largest absolute Gasteiger partial charge is 0.481 e. The molecule has 0 spiro atoms. The average Bonchev–Trinajstić information content (AvgIpc) is 2.86. The first-order chi connectivity index (χ1) is 16.5. The lowest BCUT2D eigenvalue weighted by molar-refractivity contribution is -0.142. The number of carbonyl (C=O) groups is 1. The first kappa shape index (κ1) is 23.7. The molecule has 176 valence electrons. The molecule has 1 aliphatic rings. The van der Waals surface area contributed by atoms with Crippen LogP contribution in [-0.2, 0) is 4.79 Å². The second-order valence-electron chi connectivity index (χ2n) is 9.40. The molecule has 5 heteroatoms. The van der Waals surface area contributed by atoms with Gasteiger partial charge in [-0.3, -0.25) is 9.78 Å². The van der Waals surface area contributed by atoms with Gasteiger partial charge in [0.1, 0.15) is 0 Å². The number of aryl methyl sites for hydroxylation is 2. The van der Waals surface area contributed by atoms with Crippen LogP contribution in [0, 0.1) is 19.8 Å². The fourth-order valence-electron chi connectivity index (χ4n) is 5.19. The zero-order valence-electron chi connectivity index (χ0n) is 19.8. The monoisotopic (exact) mass is 456 g/mol. The van der Waals surface area contributed by atoms with E-state index in [4.69, 9.17) is 0 Å². The molecule has 1 fully saturated rings. The molecule has 34 heavy (non-hydrogen) atoms. The zero-order valence-corrected chi connectivity index (χ0v) is 19.8. The van der Waals surface area contributed by atoms with E-state index in [0.29, 0.717) is 18.1 Å². The molecule has 2 aromatic carbocycles. The van der Waals surface area contributed by atoms with Crippen LogP contribution < -0.4 is 0 Å². The fourth-order valence-corrected chi connectivity index (χ4v) is 5.19. The van der Waals surface area contributed by atoms with Crippen molar-refractivity contribution in [2.45, 2.75) is 57.8 Å². The molecule has 0 bridgehead atoms. The van der Waals surface area contributed by atoms with Crippen molar-refractivity contribution in [1.29, 1.82) is 0 Å². The van der Waals surface area contributed by atoms with Crippen molar-refractivity contribution in [3.05, 3.63) is 100 Å². The van der Waals surface area contributed by atoms with Gasteiger partial charge in [-0.1, -0.05) is 53.7 Å². The van der Waals surface area contributed by atoms with Gasteiger partial charge in [-0.25, -0.2) is 0 Å². The van der Waals surface area contributed by atoms with Gasteiger partial charge >= 0.3 is 5.97 Å². The number of aliphatic carboxylic acids is 1. The van der Waals surface area contributed by atoms with Crippen LogP contribution in [0.3, 0.4) is 0 Å². The van der Waals surface area contributed by atoms with Crippen molar-refractivity contribution in [3.8, 4) is 0 Å². The minimum absolute atomic E-state index is 0.0392. The van der Waals surface area contributed by atoms with Gasteiger partial charge in [0, 0.05) is 29.8 Å². The van der Waals surface area contributed by atoms with E-state index in [1.54, 1.807) is 6.20 Å². The van der Waals surface area contributed by atoms with E-state index >= 15 is 0 Å². The first-order valence-electron chi connectivity index (χ1n) is 12.0. The van der Waals surface area contributed by atoms with Crippen molar-refractivity contribution < 1.29 is 15.1 Å². The van der Waals surface area contributed by atoms with E-state index in [-0.39, 0.29) is 11.8 Å². The lowest BCUT2D eigenvalue weighted by Crippen LogP contribution is -2.20. The Morgan fingerprint density at radius 2 is 1.74 bits per heavy atom. The number of carboxylic acids is 1. The molecule has 0 radical (unpaired) electrons. The van der Waals surface area contributed by atoms with E-state index < -0.39 is 5.97 Å². The molecular formula is C29H32N2O3. The van der Waals surface area contributed by atoms with Crippen molar-refractivity contribution >= 4 is 11.7 Å². The Morgan fingerprint density at radius 1 is 1.03 bits per heavy atom. The summed E-state index contributed by atoms with van der Waals surface area (Å²) in [6.45, 7) is 4.05. The lowest BCUT2D eigenvalue weighted by Gasteiger charge is -2.27. The van der Waals surface area contributed by atoms with E-state index in [1.807, 2.05) is 25.1 Å². The van der Waals surface area contributed by atoms with Crippen molar-refractivity contribution in [1.82, 2.24) is 4.98 Å². The molecule has 1 aliphatic carbocycles. The Kier molecular flexibility index (Phi) is 7.41. The highest BCUT2D eigenvalue weighted by Gasteiger charge is 2.27. The van der Waals surface area contributed by atoms with Crippen molar-refractivity contribution in [3.63, 3.8) is 0 Å². The predicted molar refractivity (Wildman–Crippen MR) is 134 cm³/mol. The number of nitrogens with zero attached hydrogens (tertiary/aromatic N) is 2. The number of hydrogen-bond donors (Lipinski definition) is 2. The molecule has 0 amide bonds. The molecule has 1 heterocycles. The molecule has 1 aromatic heterocycles. The molecule has 3 aromatic rings. The van der Waals surface area contributed by atoms with Crippen LogP contribution in [0.15, 0.2) is 72.0 Å². The molecule has 0 aliphatic heterocycles. The Hall–Kier alpha value is -3.47. The standard InChI is InChI=1S/C29H32N2O3/c1-19-5-3-4-6-26(19)27(18-28(31-34)25-15-16-30-20(2)17-25)23-11-7-21(8-12-23)22-9-13-24(14-10-22)29(32)33/h3-8,11-12,15-17,22,24,27,34H,9-10,13-14,18H2,1-2H3,(H,32,33)/b31-28-. The highest BCUT2D eigenvalue weighted by Crippen LogP contribution is 2.37. The smallest absolute Gasteiger partial charge is 0.306 e. The number of hydrogen-bond acceptors (Lipinski definition) is 4. The Morgan fingerprint density at radius 3 is 2.35 bits per heavy atom. The quantitative estimate of drug-likeness (QED) is 0.243. The second-order valence-corrected chi connectivity index (χ2v) is 9.40. The summed E-state index contributed by atoms with van der Waals surface area (Å²) in [7, 11) is 0. The van der Waals surface area contributed by atoms with Gasteiger partial charge in [-0.2, -0.15) is 0 Å². The third-order valence-corrected chi connectivity index (χ3v) is 7.20. The van der Waals surface area contributed by atoms with Gasteiger partial charge < -0.3 is 10.3 Å². The lowest BCUT2D eigenvalue weighted by atomic mass is 9.78. The summed E-state index contributed by atoms with van der Waals surface area (Å²) in [6.07, 6.45) is 5.63. The minimum atomic E-state index is -0.666. The topological polar surface area (TPSA) is 82.8 Å². The SMILES string of the molecule is Cc1cc(/C(CC(c2ccc(C3CCC(C(=O)O)CC3)cc2)c2ccccc2C)=N\O)ccn1. The zero-order chi connectivity index (χ0) is 24.1. The molecule has 5 nitrogen and oxygen atoms in total. The number of oxime groups is 1. The van der Waals surface area contributed by atoms with E-state index in [1.165, 1.54) is 22.3 Å². The fraction of sp³-hybridized carbons (Fsp3) is 0.345. The van der Waals surface area contributed by atoms with E-state index in [9.17, 15) is 15.1 Å². The predicted octanol–water partition coefficient (Wildman–Crippen LogP) is 6.46. The summed E-state index contributed by atoms with van der Waals surface area (Å²) >= 11 is 0. The number of benzene rings is 2. The van der Waals surface area contributed by atoms with Crippen LogP contribution in [0.1, 0.15) is 77.5 Å². The van der Waals surface area contributed by atoms with Gasteiger partial charge in [0.25, 0.3) is 0 Å². The molecule has 1 saturated carbocycles. The van der Waals surface area contributed by atoms with Crippen molar-refractivity contribution in [2.24, 2.45) is 11.1 Å². The summed E-state index contributed by atoms with van der Waals surface area (Å²) in [4.78, 5) is 15.5. The van der Waals surface area contributed by atoms with Crippen LogP contribution in [0.2, 0.25) is 0 Å². The summed E-state index contributed by atoms with van der Waals surface area (Å²) in [5, 5.41) is 22.8. The number of aromatic nitrogens is 1. The Labute approximate surface area is 201 Å². The molecular weight excluding hydrogens is 424 g/mol. The van der Waals surface area contributed by atoms with Gasteiger partial charge in [-0.05, 0) is 79.8 Å². The van der Waals surface area contributed by atoms with Crippen LogP contribution >= 0.6 is 0 Å². The van der Waals surface area contributed by atoms with Crippen LogP contribution in [0.25, 0.3) is 0 Å². The third kappa shape index (κ3) is 5.36. The van der Waals surface area contributed by atoms with Gasteiger partial charge in [0.15, 0.2) is 0 Å². The maximum absolute atomic E-state index is 11.3. The minimum Gasteiger partial charge on any atom is -0.481 e. The van der Waals surface area contributed by atoms with Crippen LogP contribution in [-0.4, -0.2) is 27.0 Å². The van der Waals surface area contributed by atoms with Gasteiger partial charge in [-0.15, -0.1) is 0 Å². The third-order valence-electron chi connectivity index (χ3n) is 7.20. The molecule has 1 atom stereocenters. The normalized spacial score (nSPS) is 19.5. The summed E-state index contributed by atoms with van der Waals surface area (Å²) in [6, 6.07) is 20.9. The Bertz CT molecular complexity index is 1160. The highest BCUT2D eigenvalue weighted by molar-refractivity contribution is 6.01. The average molecular weight is 457 g/mol. The first-order valence-corrected chi connectivity index (χ1v) is 12.0. The van der Waals surface area contributed by atoms with E-state index in [2.05, 4.69) is 59.5 Å². The molecule has 1 unspecified atom stereocenters. The summed E-state index contributed by atoms with van der Waals surface area (Å²) in [5.41, 5.74) is 7.25. The van der Waals surface area contributed by atoms with Gasteiger partial charge in [0.2, 0.25) is 0 Å². The number of pyridine rings is 1. The summed E-state index contributed by atoms with van der Waals surface area (Å²) < 4.78 is 0. The number of carboxylic acid groups (broad SMARTS) is 1. The maximum atomic E-state index is 11.3. The molecule has 4 rings (SSSR count). The van der Waals surface area contributed by atoms with E-state index in [0.717, 1.165) is 36.9 Å². The van der Waals surface area contributed by atoms with Crippen LogP contribution in [0.4, 0.5) is 0 Å². The number of rotatable bonds is 7. The molecule has 0 saturated heterocycles. The second kappa shape index (κ2) is 10.6. The molecule has 2 N–H and O–H groups in total. The Balaban J connectivity index is 1.61. The summed E-state index contributed by atoms with van der Waals surface area (Å²) in [5.74, 6) is -0.414. The highest BCUT2D eigenvalue weighted by atomic mass is 16.4. The van der Waals surface area contributed by atoms with Gasteiger partial charge in [0.05, 0.1) is 11.6 Å².